The largest absolute Gasteiger partial charge is 0.368 e. The van der Waals surface area contributed by atoms with Gasteiger partial charge < -0.3 is 10.6 Å². The molecule has 5 heteroatoms. The van der Waals surface area contributed by atoms with Gasteiger partial charge in [0.05, 0.1) is 10.7 Å². The summed E-state index contributed by atoms with van der Waals surface area (Å²) in [7, 11) is -0.658. The van der Waals surface area contributed by atoms with Gasteiger partial charge in [-0.1, -0.05) is 17.7 Å². The molecule has 1 saturated heterocycles. The van der Waals surface area contributed by atoms with E-state index in [-0.39, 0.29) is 6.04 Å². The molecule has 3 nitrogen and oxygen atoms in total. The van der Waals surface area contributed by atoms with E-state index in [0.29, 0.717) is 0 Å². The van der Waals surface area contributed by atoms with Crippen LogP contribution in [0.1, 0.15) is 18.5 Å². The van der Waals surface area contributed by atoms with E-state index in [1.807, 2.05) is 25.1 Å². The molecule has 0 spiro atoms. The molecule has 0 aliphatic carbocycles. The van der Waals surface area contributed by atoms with Gasteiger partial charge in [0, 0.05) is 41.4 Å². The van der Waals surface area contributed by atoms with E-state index >= 15 is 0 Å². The third-order valence-electron chi connectivity index (χ3n) is 3.02. The van der Waals surface area contributed by atoms with Crippen LogP contribution in [0.5, 0.6) is 0 Å². The van der Waals surface area contributed by atoms with Gasteiger partial charge in [-0.25, -0.2) is 0 Å². The van der Waals surface area contributed by atoms with Crippen molar-refractivity contribution < 1.29 is 4.21 Å². The monoisotopic (exact) mass is 272 g/mol. The Bertz CT molecular complexity index is 427. The molecule has 1 heterocycles. The van der Waals surface area contributed by atoms with Crippen LogP contribution in [0, 0.1) is 0 Å². The SMILES string of the molecule is C[C@H](N)c1ccc(N2CCS(=O)CC2)c(Cl)c1. The minimum Gasteiger partial charge on any atom is -0.368 e. The van der Waals surface area contributed by atoms with Crippen LogP contribution in [0.15, 0.2) is 18.2 Å². The molecular weight excluding hydrogens is 256 g/mol. The Morgan fingerprint density at radius 2 is 2.06 bits per heavy atom. The average molecular weight is 273 g/mol. The van der Waals surface area contributed by atoms with Crippen molar-refractivity contribution in [3.8, 4) is 0 Å². The first-order valence-corrected chi connectivity index (χ1v) is 7.59. The Hall–Kier alpha value is -0.580. The van der Waals surface area contributed by atoms with Gasteiger partial charge in [0.1, 0.15) is 0 Å². The van der Waals surface area contributed by atoms with Gasteiger partial charge >= 0.3 is 0 Å². The molecule has 1 atom stereocenters. The summed E-state index contributed by atoms with van der Waals surface area (Å²) in [5.41, 5.74) is 7.88. The zero-order valence-electron chi connectivity index (χ0n) is 9.86. The van der Waals surface area contributed by atoms with E-state index in [2.05, 4.69) is 4.90 Å². The summed E-state index contributed by atoms with van der Waals surface area (Å²) in [6.45, 7) is 3.56. The van der Waals surface area contributed by atoms with Gasteiger partial charge in [0.15, 0.2) is 0 Å². The van der Waals surface area contributed by atoms with E-state index in [1.165, 1.54) is 0 Å². The third kappa shape index (κ3) is 3.00. The van der Waals surface area contributed by atoms with Gasteiger partial charge in [0.2, 0.25) is 0 Å². The van der Waals surface area contributed by atoms with Crippen molar-refractivity contribution in [2.24, 2.45) is 5.73 Å². The number of nitrogens with zero attached hydrogens (tertiary/aromatic N) is 1. The topological polar surface area (TPSA) is 46.3 Å². The normalized spacial score (nSPS) is 19.4. The molecular formula is C12H17ClN2OS. The smallest absolute Gasteiger partial charge is 0.0642 e. The summed E-state index contributed by atoms with van der Waals surface area (Å²) >= 11 is 6.27. The summed E-state index contributed by atoms with van der Waals surface area (Å²) < 4.78 is 11.3. The van der Waals surface area contributed by atoms with Gasteiger partial charge in [-0.3, -0.25) is 4.21 Å². The fourth-order valence-electron chi connectivity index (χ4n) is 1.94. The number of hydrogen-bond acceptors (Lipinski definition) is 3. The summed E-state index contributed by atoms with van der Waals surface area (Å²) in [5, 5.41) is 0.729. The lowest BCUT2D eigenvalue weighted by Crippen LogP contribution is -2.37. The third-order valence-corrected chi connectivity index (χ3v) is 4.59. The van der Waals surface area contributed by atoms with Crippen LogP contribution in [-0.4, -0.2) is 28.8 Å². The second kappa shape index (κ2) is 5.38. The summed E-state index contributed by atoms with van der Waals surface area (Å²) in [4.78, 5) is 2.19. The van der Waals surface area contributed by atoms with Crippen LogP contribution in [0.25, 0.3) is 0 Å². The Kier molecular flexibility index (Phi) is 4.07. The van der Waals surface area contributed by atoms with Gasteiger partial charge in [0.25, 0.3) is 0 Å². The maximum atomic E-state index is 11.3. The molecule has 94 valence electrons. The quantitative estimate of drug-likeness (QED) is 0.895. The minimum atomic E-state index is -0.658. The van der Waals surface area contributed by atoms with E-state index in [9.17, 15) is 4.21 Å². The number of nitrogens with two attached hydrogens (primary N) is 1. The van der Waals surface area contributed by atoms with Crippen LogP contribution in [0.4, 0.5) is 5.69 Å². The molecule has 0 aromatic heterocycles. The maximum Gasteiger partial charge on any atom is 0.0642 e. The highest BCUT2D eigenvalue weighted by molar-refractivity contribution is 7.85. The number of benzene rings is 1. The molecule has 1 aliphatic heterocycles. The van der Waals surface area contributed by atoms with Crippen molar-refractivity contribution >= 4 is 28.1 Å². The standard InChI is InChI=1S/C12H17ClN2OS/c1-9(14)10-2-3-12(11(13)8-10)15-4-6-17(16)7-5-15/h2-3,8-9H,4-7,14H2,1H3/t9-/m0/s1. The van der Waals surface area contributed by atoms with Crippen molar-refractivity contribution in [2.75, 3.05) is 29.5 Å². The first-order chi connectivity index (χ1) is 8.08. The Morgan fingerprint density at radius 3 is 2.59 bits per heavy atom. The summed E-state index contributed by atoms with van der Waals surface area (Å²) in [5.74, 6) is 1.46. The number of rotatable bonds is 2. The van der Waals surface area contributed by atoms with Crippen molar-refractivity contribution in [3.63, 3.8) is 0 Å². The Balaban J connectivity index is 2.19. The fourth-order valence-corrected chi connectivity index (χ4v) is 3.30. The lowest BCUT2D eigenvalue weighted by molar-refractivity contribution is 0.673. The summed E-state index contributed by atoms with van der Waals surface area (Å²) in [6.07, 6.45) is 0. The molecule has 0 amide bonds. The van der Waals surface area contributed by atoms with E-state index in [1.54, 1.807) is 0 Å². The van der Waals surface area contributed by atoms with Crippen molar-refractivity contribution in [2.45, 2.75) is 13.0 Å². The molecule has 0 radical (unpaired) electrons. The lowest BCUT2D eigenvalue weighted by atomic mass is 10.1. The van der Waals surface area contributed by atoms with Gasteiger partial charge in [-0.05, 0) is 24.6 Å². The summed E-state index contributed by atoms with van der Waals surface area (Å²) in [6, 6.07) is 5.94. The number of hydrogen-bond donors (Lipinski definition) is 1. The minimum absolute atomic E-state index is 0.00425. The fraction of sp³-hybridized carbons (Fsp3) is 0.500. The van der Waals surface area contributed by atoms with Crippen molar-refractivity contribution in [1.82, 2.24) is 0 Å². The predicted molar refractivity (Wildman–Crippen MR) is 74.1 cm³/mol. The van der Waals surface area contributed by atoms with Crippen LogP contribution in [0.3, 0.4) is 0 Å². The Labute approximate surface area is 109 Å². The Morgan fingerprint density at radius 1 is 1.41 bits per heavy atom. The molecule has 1 aromatic carbocycles. The molecule has 0 bridgehead atoms. The molecule has 17 heavy (non-hydrogen) atoms. The lowest BCUT2D eigenvalue weighted by Gasteiger charge is -2.29. The number of anilines is 1. The van der Waals surface area contributed by atoms with Crippen LogP contribution in [0.2, 0.25) is 5.02 Å². The molecule has 2 rings (SSSR count). The average Bonchev–Trinajstić information content (AvgIpc) is 2.30. The van der Waals surface area contributed by atoms with Crippen LogP contribution < -0.4 is 10.6 Å². The zero-order valence-corrected chi connectivity index (χ0v) is 11.4. The maximum absolute atomic E-state index is 11.3. The first kappa shape index (κ1) is 12.9. The molecule has 2 N–H and O–H groups in total. The predicted octanol–water partition coefficient (Wildman–Crippen LogP) is 1.93. The van der Waals surface area contributed by atoms with E-state index in [4.69, 9.17) is 17.3 Å². The molecule has 1 aromatic rings. The van der Waals surface area contributed by atoms with Crippen LogP contribution >= 0.6 is 11.6 Å². The van der Waals surface area contributed by atoms with Crippen molar-refractivity contribution in [1.29, 1.82) is 0 Å². The van der Waals surface area contributed by atoms with E-state index < -0.39 is 10.8 Å². The highest BCUT2D eigenvalue weighted by Crippen LogP contribution is 2.29. The highest BCUT2D eigenvalue weighted by atomic mass is 35.5. The molecule has 0 saturated carbocycles. The second-order valence-corrected chi connectivity index (χ2v) is 6.44. The number of halogens is 1. The van der Waals surface area contributed by atoms with Crippen molar-refractivity contribution in [3.05, 3.63) is 28.8 Å². The van der Waals surface area contributed by atoms with Gasteiger partial charge in [-0.15, -0.1) is 0 Å². The molecule has 1 aliphatic rings. The van der Waals surface area contributed by atoms with Gasteiger partial charge in [-0.2, -0.15) is 0 Å². The highest BCUT2D eigenvalue weighted by Gasteiger charge is 2.17. The molecule has 1 fully saturated rings. The van der Waals surface area contributed by atoms with Crippen LogP contribution in [-0.2, 0) is 10.8 Å². The second-order valence-electron chi connectivity index (χ2n) is 4.33. The molecule has 0 unspecified atom stereocenters. The van der Waals surface area contributed by atoms with E-state index in [0.717, 1.165) is 40.9 Å². The first-order valence-electron chi connectivity index (χ1n) is 5.73. The zero-order chi connectivity index (χ0) is 12.4.